The monoisotopic (exact) mass is 320 g/mol. The van der Waals surface area contributed by atoms with Gasteiger partial charge in [-0.3, -0.25) is 4.79 Å². The van der Waals surface area contributed by atoms with E-state index in [0.717, 1.165) is 31.2 Å². The lowest BCUT2D eigenvalue weighted by Crippen LogP contribution is -2.45. The first-order chi connectivity index (χ1) is 11.1. The highest BCUT2D eigenvalue weighted by Gasteiger charge is 2.27. The van der Waals surface area contributed by atoms with E-state index in [1.807, 2.05) is 6.07 Å². The molecule has 6 heteroatoms. The van der Waals surface area contributed by atoms with E-state index in [4.69, 9.17) is 9.47 Å². The molecule has 6 nitrogen and oxygen atoms in total. The molecular formula is C17H24N2O4. The molecule has 2 rings (SSSR count). The topological polar surface area (TPSA) is 77.5 Å². The van der Waals surface area contributed by atoms with Crippen LogP contribution in [0.2, 0.25) is 0 Å². The highest BCUT2D eigenvalue weighted by molar-refractivity contribution is 5.86. The molecule has 1 amide bonds. The summed E-state index contributed by atoms with van der Waals surface area (Å²) in [6, 6.07) is 2.87. The van der Waals surface area contributed by atoms with Crippen LogP contribution in [0.3, 0.4) is 0 Å². The van der Waals surface area contributed by atoms with E-state index >= 15 is 0 Å². The molecule has 0 saturated heterocycles. The molecule has 0 aromatic carbocycles. The average molecular weight is 320 g/mol. The van der Waals surface area contributed by atoms with Crippen LogP contribution < -0.4 is 10.1 Å². The Bertz CT molecular complexity index is 524. The summed E-state index contributed by atoms with van der Waals surface area (Å²) < 4.78 is 9.83. The average Bonchev–Trinajstić information content (AvgIpc) is 2.61. The molecule has 126 valence electrons. The maximum atomic E-state index is 12.4. The predicted molar refractivity (Wildman–Crippen MR) is 85.0 cm³/mol. The molecule has 1 aromatic heterocycles. The maximum Gasteiger partial charge on any atom is 0.328 e. The Balaban J connectivity index is 2.00. The first-order valence-electron chi connectivity index (χ1n) is 8.01. The number of aromatic nitrogens is 1. The summed E-state index contributed by atoms with van der Waals surface area (Å²) in [6.07, 6.45) is 7.10. The molecule has 1 saturated carbocycles. The number of hydrogen-bond acceptors (Lipinski definition) is 5. The Morgan fingerprint density at radius 1 is 1.26 bits per heavy atom. The van der Waals surface area contributed by atoms with E-state index in [-0.39, 0.29) is 11.8 Å². The van der Waals surface area contributed by atoms with E-state index in [1.54, 1.807) is 19.4 Å². The van der Waals surface area contributed by atoms with Crippen molar-refractivity contribution >= 4 is 11.9 Å². The van der Waals surface area contributed by atoms with E-state index in [2.05, 4.69) is 10.3 Å². The number of pyridine rings is 1. The largest absolute Gasteiger partial charge is 0.481 e. The smallest absolute Gasteiger partial charge is 0.328 e. The Morgan fingerprint density at radius 2 is 2.00 bits per heavy atom. The molecule has 1 fully saturated rings. The normalized spacial score (nSPS) is 16.4. The van der Waals surface area contributed by atoms with Crippen LogP contribution in [-0.4, -0.2) is 37.1 Å². The molecule has 1 atom stereocenters. The van der Waals surface area contributed by atoms with Crippen LogP contribution in [0.4, 0.5) is 0 Å². The Morgan fingerprint density at radius 3 is 2.57 bits per heavy atom. The number of nitrogens with zero attached hydrogens (tertiary/aromatic N) is 1. The van der Waals surface area contributed by atoms with Gasteiger partial charge in [0.25, 0.3) is 0 Å². The van der Waals surface area contributed by atoms with Crippen molar-refractivity contribution in [1.82, 2.24) is 10.3 Å². The molecular weight excluding hydrogens is 296 g/mol. The Kier molecular flexibility index (Phi) is 6.38. The molecule has 0 radical (unpaired) electrons. The van der Waals surface area contributed by atoms with Gasteiger partial charge in [-0.15, -0.1) is 0 Å². The number of ether oxygens (including phenoxy) is 2. The number of carbonyl (C=O) groups excluding carboxylic acids is 2. The van der Waals surface area contributed by atoms with Crippen molar-refractivity contribution in [2.45, 2.75) is 44.6 Å². The maximum absolute atomic E-state index is 12.4. The zero-order chi connectivity index (χ0) is 16.7. The molecule has 1 aromatic rings. The molecule has 0 unspecified atom stereocenters. The van der Waals surface area contributed by atoms with E-state index in [0.29, 0.717) is 12.3 Å². The molecule has 0 aliphatic heterocycles. The highest BCUT2D eigenvalue weighted by Crippen LogP contribution is 2.24. The molecule has 0 spiro atoms. The quantitative estimate of drug-likeness (QED) is 0.810. The Labute approximate surface area is 136 Å². The summed E-state index contributed by atoms with van der Waals surface area (Å²) in [4.78, 5) is 28.5. The second-order valence-electron chi connectivity index (χ2n) is 5.83. The molecule has 1 heterocycles. The van der Waals surface area contributed by atoms with Gasteiger partial charge in [-0.2, -0.15) is 0 Å². The summed E-state index contributed by atoms with van der Waals surface area (Å²) in [6.45, 7) is 0. The van der Waals surface area contributed by atoms with Gasteiger partial charge in [0, 0.05) is 24.6 Å². The van der Waals surface area contributed by atoms with Gasteiger partial charge in [0.1, 0.15) is 6.04 Å². The van der Waals surface area contributed by atoms with Crippen LogP contribution in [0.15, 0.2) is 18.3 Å². The number of nitrogens with one attached hydrogen (secondary N) is 1. The van der Waals surface area contributed by atoms with Crippen molar-refractivity contribution in [3.8, 4) is 5.88 Å². The van der Waals surface area contributed by atoms with Crippen molar-refractivity contribution in [3.63, 3.8) is 0 Å². The van der Waals surface area contributed by atoms with Gasteiger partial charge < -0.3 is 14.8 Å². The second-order valence-corrected chi connectivity index (χ2v) is 5.83. The van der Waals surface area contributed by atoms with Crippen molar-refractivity contribution in [2.24, 2.45) is 5.92 Å². The zero-order valence-corrected chi connectivity index (χ0v) is 13.7. The van der Waals surface area contributed by atoms with Gasteiger partial charge in [-0.1, -0.05) is 25.3 Å². The lowest BCUT2D eigenvalue weighted by atomic mass is 9.88. The van der Waals surface area contributed by atoms with Crippen LogP contribution in [0.5, 0.6) is 5.88 Å². The SMILES string of the molecule is COC(=O)[C@H](Cc1ccc(OC)nc1)NC(=O)C1CCCCC1. The number of carbonyl (C=O) groups is 2. The van der Waals surface area contributed by atoms with Gasteiger partial charge in [-0.05, 0) is 18.4 Å². The Hall–Kier alpha value is -2.11. The fraction of sp³-hybridized carbons (Fsp3) is 0.588. The first-order valence-corrected chi connectivity index (χ1v) is 8.01. The van der Waals surface area contributed by atoms with Crippen LogP contribution in [-0.2, 0) is 20.7 Å². The third kappa shape index (κ3) is 4.94. The fourth-order valence-corrected chi connectivity index (χ4v) is 2.88. The standard InChI is InChI=1S/C17H24N2O4/c1-22-15-9-8-12(11-18-15)10-14(17(21)23-2)19-16(20)13-6-4-3-5-7-13/h8-9,11,13-14H,3-7,10H2,1-2H3,(H,19,20)/t14-/m0/s1. The summed E-state index contributed by atoms with van der Waals surface area (Å²) in [5, 5.41) is 2.84. The van der Waals surface area contributed by atoms with Crippen molar-refractivity contribution in [3.05, 3.63) is 23.9 Å². The summed E-state index contributed by atoms with van der Waals surface area (Å²) in [5.74, 6) is 0.0195. The van der Waals surface area contributed by atoms with E-state index in [9.17, 15) is 9.59 Å². The van der Waals surface area contributed by atoms with E-state index < -0.39 is 12.0 Å². The summed E-state index contributed by atoms with van der Waals surface area (Å²) in [5.41, 5.74) is 0.838. The van der Waals surface area contributed by atoms with Gasteiger partial charge in [0.15, 0.2) is 0 Å². The van der Waals surface area contributed by atoms with Crippen molar-refractivity contribution in [2.75, 3.05) is 14.2 Å². The minimum absolute atomic E-state index is 0.00454. The number of amides is 1. The lowest BCUT2D eigenvalue weighted by molar-refractivity contribution is -0.145. The zero-order valence-electron chi connectivity index (χ0n) is 13.7. The minimum Gasteiger partial charge on any atom is -0.481 e. The molecule has 1 aliphatic rings. The lowest BCUT2D eigenvalue weighted by Gasteiger charge is -2.24. The van der Waals surface area contributed by atoms with Crippen molar-refractivity contribution < 1.29 is 19.1 Å². The number of hydrogen-bond donors (Lipinski definition) is 1. The van der Waals surface area contributed by atoms with Gasteiger partial charge in [-0.25, -0.2) is 9.78 Å². The molecule has 1 N–H and O–H groups in total. The molecule has 0 bridgehead atoms. The number of esters is 1. The fourth-order valence-electron chi connectivity index (χ4n) is 2.88. The van der Waals surface area contributed by atoms with Gasteiger partial charge in [0.2, 0.25) is 11.8 Å². The van der Waals surface area contributed by atoms with Crippen LogP contribution in [0.25, 0.3) is 0 Å². The highest BCUT2D eigenvalue weighted by atomic mass is 16.5. The molecule has 1 aliphatic carbocycles. The minimum atomic E-state index is -0.690. The van der Waals surface area contributed by atoms with Gasteiger partial charge in [0.05, 0.1) is 14.2 Å². The second kappa shape index (κ2) is 8.50. The summed E-state index contributed by atoms with van der Waals surface area (Å²) in [7, 11) is 2.87. The number of rotatable bonds is 6. The first kappa shape index (κ1) is 17.2. The van der Waals surface area contributed by atoms with Crippen molar-refractivity contribution in [1.29, 1.82) is 0 Å². The van der Waals surface area contributed by atoms with Crippen LogP contribution >= 0.6 is 0 Å². The number of methoxy groups -OCH3 is 2. The van der Waals surface area contributed by atoms with Gasteiger partial charge >= 0.3 is 5.97 Å². The third-order valence-corrected chi connectivity index (χ3v) is 4.22. The molecule has 23 heavy (non-hydrogen) atoms. The summed E-state index contributed by atoms with van der Waals surface area (Å²) >= 11 is 0. The van der Waals surface area contributed by atoms with Crippen LogP contribution in [0.1, 0.15) is 37.7 Å². The predicted octanol–water partition coefficient (Wildman–Crippen LogP) is 1.87. The van der Waals surface area contributed by atoms with Crippen LogP contribution in [0, 0.1) is 5.92 Å². The van der Waals surface area contributed by atoms with E-state index in [1.165, 1.54) is 13.5 Å². The third-order valence-electron chi connectivity index (χ3n) is 4.22.